The first-order valence-corrected chi connectivity index (χ1v) is 7.89. The van der Waals surface area contributed by atoms with Gasteiger partial charge in [-0.15, -0.1) is 0 Å². The van der Waals surface area contributed by atoms with E-state index in [1.807, 2.05) is 14.0 Å². The van der Waals surface area contributed by atoms with E-state index in [1.165, 1.54) is 19.3 Å². The molecule has 6 heteroatoms. The molecular formula is C15H21Cl2N3O. The molecule has 0 aromatic heterocycles. The Balaban J connectivity index is 2.00. The Morgan fingerprint density at radius 2 is 2.00 bits per heavy atom. The van der Waals surface area contributed by atoms with Crippen LogP contribution in [-0.4, -0.2) is 30.4 Å². The van der Waals surface area contributed by atoms with Crippen molar-refractivity contribution in [2.45, 2.75) is 32.2 Å². The van der Waals surface area contributed by atoms with E-state index in [0.29, 0.717) is 27.3 Å². The Morgan fingerprint density at radius 3 is 2.48 bits per heavy atom. The van der Waals surface area contributed by atoms with Gasteiger partial charge >= 0.3 is 0 Å². The fourth-order valence-electron chi connectivity index (χ4n) is 2.38. The summed E-state index contributed by atoms with van der Waals surface area (Å²) < 4.78 is 0. The number of likely N-dealkylation sites (N-methyl/N-ethyl adjacent to an activating group) is 1. The van der Waals surface area contributed by atoms with E-state index in [0.717, 1.165) is 6.54 Å². The highest BCUT2D eigenvalue weighted by Crippen LogP contribution is 2.33. The van der Waals surface area contributed by atoms with Crippen molar-refractivity contribution in [2.24, 2.45) is 5.92 Å². The summed E-state index contributed by atoms with van der Waals surface area (Å²) in [6.45, 7) is 2.82. The molecule has 0 aliphatic heterocycles. The van der Waals surface area contributed by atoms with Crippen LogP contribution in [0.3, 0.4) is 0 Å². The van der Waals surface area contributed by atoms with Gasteiger partial charge in [0.05, 0.1) is 21.8 Å². The Bertz CT molecular complexity index is 509. The fraction of sp³-hybridized carbons (Fsp3) is 0.533. The quantitative estimate of drug-likeness (QED) is 0.811. The van der Waals surface area contributed by atoms with Gasteiger partial charge in [0.2, 0.25) is 5.91 Å². The molecule has 3 N–H and O–H groups in total. The minimum atomic E-state index is -0.240. The molecule has 116 valence electrons. The monoisotopic (exact) mass is 329 g/mol. The topological polar surface area (TPSA) is 58.4 Å². The number of hydrogen-bond acceptors (Lipinski definition) is 3. The maximum absolute atomic E-state index is 12.3. The zero-order valence-corrected chi connectivity index (χ0v) is 13.8. The normalized spacial score (nSPS) is 16.6. The van der Waals surface area contributed by atoms with Crippen LogP contribution in [0.5, 0.6) is 0 Å². The van der Waals surface area contributed by atoms with E-state index >= 15 is 0 Å². The lowest BCUT2D eigenvalue weighted by Gasteiger charge is -2.32. The fourth-order valence-corrected chi connectivity index (χ4v) is 2.98. The summed E-state index contributed by atoms with van der Waals surface area (Å²) in [5, 5.41) is 3.49. The van der Waals surface area contributed by atoms with Crippen LogP contribution in [0.2, 0.25) is 10.0 Å². The highest BCUT2D eigenvalue weighted by molar-refractivity contribution is 6.40. The van der Waals surface area contributed by atoms with E-state index < -0.39 is 0 Å². The number of anilines is 2. The number of carbonyl (C=O) groups is 1. The summed E-state index contributed by atoms with van der Waals surface area (Å²) in [5.41, 5.74) is 6.54. The third-order valence-electron chi connectivity index (χ3n) is 4.12. The second-order valence-electron chi connectivity index (χ2n) is 5.76. The van der Waals surface area contributed by atoms with Crippen LogP contribution in [0.25, 0.3) is 0 Å². The van der Waals surface area contributed by atoms with Gasteiger partial charge in [-0.05, 0) is 44.9 Å². The molecule has 1 aliphatic rings. The Morgan fingerprint density at radius 1 is 1.43 bits per heavy atom. The van der Waals surface area contributed by atoms with E-state index in [4.69, 9.17) is 28.9 Å². The summed E-state index contributed by atoms with van der Waals surface area (Å²) in [7, 11) is 1.97. The van der Waals surface area contributed by atoms with Gasteiger partial charge in [-0.3, -0.25) is 9.69 Å². The third kappa shape index (κ3) is 4.02. The molecule has 1 unspecified atom stereocenters. The lowest BCUT2D eigenvalue weighted by atomic mass is 9.85. The van der Waals surface area contributed by atoms with Crippen molar-refractivity contribution in [1.29, 1.82) is 0 Å². The second kappa shape index (κ2) is 6.86. The molecule has 0 saturated heterocycles. The molecule has 1 aromatic rings. The zero-order chi connectivity index (χ0) is 15.6. The molecule has 0 spiro atoms. The van der Waals surface area contributed by atoms with Crippen LogP contribution in [0, 0.1) is 5.92 Å². The molecule has 0 radical (unpaired) electrons. The molecule has 1 saturated carbocycles. The SMILES string of the molecule is CC(C(=O)Nc1c(Cl)cc(N)cc1Cl)N(C)CC1CCC1. The van der Waals surface area contributed by atoms with Crippen molar-refractivity contribution in [1.82, 2.24) is 4.90 Å². The number of nitrogen functional groups attached to an aromatic ring is 1. The summed E-state index contributed by atoms with van der Waals surface area (Å²) in [6, 6.07) is 2.91. The Labute approximate surface area is 135 Å². The smallest absolute Gasteiger partial charge is 0.241 e. The summed E-state index contributed by atoms with van der Waals surface area (Å²) in [6.07, 6.45) is 3.82. The molecule has 1 aromatic carbocycles. The molecule has 1 amide bonds. The predicted octanol–water partition coefficient (Wildman–Crippen LogP) is 3.63. The summed E-state index contributed by atoms with van der Waals surface area (Å²) in [4.78, 5) is 14.4. The van der Waals surface area contributed by atoms with Gasteiger partial charge < -0.3 is 11.1 Å². The molecular weight excluding hydrogens is 309 g/mol. The maximum atomic E-state index is 12.3. The lowest BCUT2D eigenvalue weighted by molar-refractivity contribution is -0.120. The minimum absolute atomic E-state index is 0.120. The van der Waals surface area contributed by atoms with E-state index in [-0.39, 0.29) is 11.9 Å². The lowest BCUT2D eigenvalue weighted by Crippen LogP contribution is -2.43. The van der Waals surface area contributed by atoms with E-state index in [2.05, 4.69) is 10.2 Å². The highest BCUT2D eigenvalue weighted by Gasteiger charge is 2.25. The average molecular weight is 330 g/mol. The van der Waals surface area contributed by atoms with Crippen molar-refractivity contribution in [3.05, 3.63) is 22.2 Å². The van der Waals surface area contributed by atoms with Crippen molar-refractivity contribution < 1.29 is 4.79 Å². The van der Waals surface area contributed by atoms with Crippen LogP contribution in [0.1, 0.15) is 26.2 Å². The van der Waals surface area contributed by atoms with Gasteiger partial charge in [0.25, 0.3) is 0 Å². The first-order chi connectivity index (χ1) is 9.88. The first-order valence-electron chi connectivity index (χ1n) is 7.14. The molecule has 1 fully saturated rings. The van der Waals surface area contributed by atoms with Crippen molar-refractivity contribution >= 4 is 40.5 Å². The van der Waals surface area contributed by atoms with Crippen molar-refractivity contribution in [2.75, 3.05) is 24.6 Å². The van der Waals surface area contributed by atoms with Crippen LogP contribution >= 0.6 is 23.2 Å². The summed E-state index contributed by atoms with van der Waals surface area (Å²) >= 11 is 12.2. The number of carbonyl (C=O) groups excluding carboxylic acids is 1. The first kappa shape index (κ1) is 16.4. The number of hydrogen-bond donors (Lipinski definition) is 2. The zero-order valence-electron chi connectivity index (χ0n) is 12.3. The largest absolute Gasteiger partial charge is 0.399 e. The minimum Gasteiger partial charge on any atom is -0.399 e. The third-order valence-corrected chi connectivity index (χ3v) is 4.72. The number of nitrogens with two attached hydrogens (primary N) is 1. The Kier molecular flexibility index (Phi) is 5.36. The molecule has 21 heavy (non-hydrogen) atoms. The number of nitrogens with zero attached hydrogens (tertiary/aromatic N) is 1. The predicted molar refractivity (Wildman–Crippen MR) is 88.9 cm³/mol. The van der Waals surface area contributed by atoms with Crippen molar-refractivity contribution in [3.63, 3.8) is 0 Å². The summed E-state index contributed by atoms with van der Waals surface area (Å²) in [5.74, 6) is 0.597. The van der Waals surface area contributed by atoms with E-state index in [1.54, 1.807) is 12.1 Å². The molecule has 0 bridgehead atoms. The molecule has 0 heterocycles. The number of nitrogens with one attached hydrogen (secondary N) is 1. The van der Waals surface area contributed by atoms with Gasteiger partial charge in [0.1, 0.15) is 0 Å². The van der Waals surface area contributed by atoms with Gasteiger partial charge in [0.15, 0.2) is 0 Å². The maximum Gasteiger partial charge on any atom is 0.241 e. The van der Waals surface area contributed by atoms with Crippen LogP contribution in [0.15, 0.2) is 12.1 Å². The van der Waals surface area contributed by atoms with Crippen molar-refractivity contribution in [3.8, 4) is 0 Å². The van der Waals surface area contributed by atoms with Crippen LogP contribution in [-0.2, 0) is 4.79 Å². The number of benzene rings is 1. The number of rotatable bonds is 5. The molecule has 1 atom stereocenters. The van der Waals surface area contributed by atoms with Gasteiger partial charge in [-0.25, -0.2) is 0 Å². The highest BCUT2D eigenvalue weighted by atomic mass is 35.5. The van der Waals surface area contributed by atoms with Gasteiger partial charge in [-0.2, -0.15) is 0 Å². The Hall–Kier alpha value is -0.970. The van der Waals surface area contributed by atoms with E-state index in [9.17, 15) is 4.79 Å². The van der Waals surface area contributed by atoms with Gasteiger partial charge in [0, 0.05) is 12.2 Å². The second-order valence-corrected chi connectivity index (χ2v) is 6.58. The van der Waals surface area contributed by atoms with Gasteiger partial charge in [-0.1, -0.05) is 29.6 Å². The van der Waals surface area contributed by atoms with Crippen LogP contribution in [0.4, 0.5) is 11.4 Å². The number of amides is 1. The number of halogens is 2. The molecule has 2 rings (SSSR count). The average Bonchev–Trinajstić information content (AvgIpc) is 2.36. The molecule has 4 nitrogen and oxygen atoms in total. The standard InChI is InChI=1S/C15H21Cl2N3O/c1-9(20(2)8-10-4-3-5-10)15(21)19-14-12(16)6-11(18)7-13(14)17/h6-7,9-10H,3-5,8,18H2,1-2H3,(H,19,21). The molecule has 1 aliphatic carbocycles. The van der Waals surface area contributed by atoms with Crippen LogP contribution < -0.4 is 11.1 Å².